The van der Waals surface area contributed by atoms with Crippen molar-refractivity contribution in [1.82, 2.24) is 0 Å². The van der Waals surface area contributed by atoms with Crippen LogP contribution in [0.4, 0.5) is 0 Å². The predicted molar refractivity (Wildman–Crippen MR) is 88.6 cm³/mol. The van der Waals surface area contributed by atoms with Gasteiger partial charge < -0.3 is 4.55 Å². The zero-order chi connectivity index (χ0) is 14.9. The Hall–Kier alpha value is -0.150. The molecule has 0 fully saturated rings. The summed E-state index contributed by atoms with van der Waals surface area (Å²) < 4.78 is 20.6. The van der Waals surface area contributed by atoms with Crippen molar-refractivity contribution in [1.29, 1.82) is 0 Å². The summed E-state index contributed by atoms with van der Waals surface area (Å²) >= 11 is -1.92. The average molecular weight is 302 g/mol. The van der Waals surface area contributed by atoms with E-state index >= 15 is 0 Å². The molecule has 0 aromatic heterocycles. The summed E-state index contributed by atoms with van der Waals surface area (Å²) in [6, 6.07) is 0. The lowest BCUT2D eigenvalue weighted by molar-refractivity contribution is 0.540. The third kappa shape index (κ3) is 17.8. The summed E-state index contributed by atoms with van der Waals surface area (Å²) in [5.41, 5.74) is 0. The van der Waals surface area contributed by atoms with Crippen LogP contribution in [0.2, 0.25) is 0 Å². The van der Waals surface area contributed by atoms with Gasteiger partial charge in [-0.1, -0.05) is 101 Å². The highest BCUT2D eigenvalue weighted by Gasteiger charge is 1.92. The zero-order valence-corrected chi connectivity index (χ0v) is 14.1. The molecule has 0 aromatic rings. The maximum atomic E-state index is 10.3. The van der Waals surface area contributed by atoms with E-state index in [1.807, 2.05) is 6.08 Å². The summed E-state index contributed by atoms with van der Waals surface area (Å²) in [6.07, 6.45) is 21.1. The summed E-state index contributed by atoms with van der Waals surface area (Å²) in [4.78, 5) is 0. The van der Waals surface area contributed by atoms with Crippen LogP contribution in [0, 0.1) is 0 Å². The van der Waals surface area contributed by atoms with Gasteiger partial charge in [0.2, 0.25) is 0 Å². The Morgan fingerprint density at radius 1 is 0.750 bits per heavy atom. The molecule has 120 valence electrons. The Labute approximate surface area is 128 Å². The van der Waals surface area contributed by atoms with Crippen LogP contribution in [0.25, 0.3) is 0 Å². The predicted octanol–water partition coefficient (Wildman–Crippen LogP) is 5.51. The molecule has 0 saturated heterocycles. The van der Waals surface area contributed by atoms with Crippen molar-refractivity contribution >= 4 is 11.1 Å². The van der Waals surface area contributed by atoms with Gasteiger partial charge in [0.25, 0.3) is 0 Å². The van der Waals surface area contributed by atoms with Crippen LogP contribution >= 0.6 is 0 Å². The van der Waals surface area contributed by atoms with E-state index in [1.54, 1.807) is 6.08 Å². The van der Waals surface area contributed by atoms with Crippen LogP contribution in [0.3, 0.4) is 0 Å². The van der Waals surface area contributed by atoms with Crippen LogP contribution in [0.1, 0.15) is 90.4 Å². The van der Waals surface area contributed by atoms with Gasteiger partial charge in [0.15, 0.2) is 0 Å². The fourth-order valence-corrected chi connectivity index (χ4v) is 2.66. The Bertz CT molecular complexity index is 239. The Kier molecular flexibility index (Phi) is 16.8. The van der Waals surface area contributed by atoms with Gasteiger partial charge >= 0.3 is 0 Å². The van der Waals surface area contributed by atoms with Crippen LogP contribution in [-0.4, -0.2) is 14.5 Å². The molecule has 0 rings (SSSR count). The highest BCUT2D eigenvalue weighted by atomic mass is 32.2. The monoisotopic (exact) mass is 301 g/mol. The highest BCUT2D eigenvalue weighted by Crippen LogP contribution is 2.12. The van der Waals surface area contributed by atoms with Crippen molar-refractivity contribution in [2.24, 2.45) is 0 Å². The molecule has 1 atom stereocenters. The second-order valence-electron chi connectivity index (χ2n) is 5.62. The number of rotatable bonds is 15. The van der Waals surface area contributed by atoms with Crippen LogP contribution in [0.15, 0.2) is 12.2 Å². The molecule has 0 aliphatic heterocycles. The minimum absolute atomic E-state index is 0.165. The Balaban J connectivity index is 3.02. The molecule has 0 radical (unpaired) electrons. The van der Waals surface area contributed by atoms with Gasteiger partial charge in [-0.2, -0.15) is 0 Å². The lowest BCUT2D eigenvalue weighted by Gasteiger charge is -2.02. The minimum Gasteiger partial charge on any atom is -0.772 e. The molecule has 0 heterocycles. The average Bonchev–Trinajstić information content (AvgIpc) is 2.43. The first-order chi connectivity index (χ1) is 9.77. The van der Waals surface area contributed by atoms with E-state index in [0.29, 0.717) is 0 Å². The summed E-state index contributed by atoms with van der Waals surface area (Å²) in [5, 5.41) is 0. The van der Waals surface area contributed by atoms with E-state index in [1.165, 1.54) is 77.0 Å². The van der Waals surface area contributed by atoms with Crippen molar-refractivity contribution in [3.8, 4) is 0 Å². The first-order valence-electron chi connectivity index (χ1n) is 8.48. The summed E-state index contributed by atoms with van der Waals surface area (Å²) in [6.45, 7) is 2.26. The van der Waals surface area contributed by atoms with Gasteiger partial charge in [-0.3, -0.25) is 4.21 Å². The quantitative estimate of drug-likeness (QED) is 0.227. The van der Waals surface area contributed by atoms with Gasteiger partial charge in [0.1, 0.15) is 0 Å². The largest absolute Gasteiger partial charge is 0.772 e. The van der Waals surface area contributed by atoms with Gasteiger partial charge in [0, 0.05) is 5.75 Å². The summed E-state index contributed by atoms with van der Waals surface area (Å²) in [5.74, 6) is 0.165. The van der Waals surface area contributed by atoms with E-state index < -0.39 is 11.1 Å². The second kappa shape index (κ2) is 16.9. The molecule has 3 heteroatoms. The fourth-order valence-electron chi connectivity index (χ4n) is 2.37. The van der Waals surface area contributed by atoms with Crippen LogP contribution in [-0.2, 0) is 11.1 Å². The Morgan fingerprint density at radius 2 is 1.20 bits per heavy atom. The number of hydrogen-bond donors (Lipinski definition) is 0. The first kappa shape index (κ1) is 19.9. The molecule has 0 aliphatic carbocycles. The van der Waals surface area contributed by atoms with E-state index in [0.717, 1.165) is 6.42 Å². The molecule has 0 spiro atoms. The minimum atomic E-state index is -1.92. The zero-order valence-electron chi connectivity index (χ0n) is 13.3. The van der Waals surface area contributed by atoms with E-state index in [-0.39, 0.29) is 5.75 Å². The van der Waals surface area contributed by atoms with Crippen molar-refractivity contribution in [2.45, 2.75) is 90.4 Å². The fraction of sp³-hybridized carbons (Fsp3) is 0.882. The Morgan fingerprint density at radius 3 is 1.65 bits per heavy atom. The van der Waals surface area contributed by atoms with Crippen molar-refractivity contribution in [3.05, 3.63) is 12.2 Å². The van der Waals surface area contributed by atoms with Gasteiger partial charge in [-0.05, 0) is 12.8 Å². The van der Waals surface area contributed by atoms with E-state index in [4.69, 9.17) is 0 Å². The molecule has 0 aromatic carbocycles. The maximum absolute atomic E-state index is 10.3. The highest BCUT2D eigenvalue weighted by molar-refractivity contribution is 7.79. The third-order valence-corrected chi connectivity index (χ3v) is 4.09. The molecular weight excluding hydrogens is 268 g/mol. The summed E-state index contributed by atoms with van der Waals surface area (Å²) in [7, 11) is 0. The van der Waals surface area contributed by atoms with Gasteiger partial charge in [-0.25, -0.2) is 0 Å². The topological polar surface area (TPSA) is 40.1 Å². The molecule has 0 amide bonds. The standard InChI is InChI=1S/C17H34O2S/c1-2-3-4-5-6-7-8-9-10-11-12-13-14-15-16-17-20(18)19/h15-16H,2-14,17H2,1H3,(H,18,19)/p-1. The van der Waals surface area contributed by atoms with Crippen molar-refractivity contribution in [2.75, 3.05) is 5.75 Å². The lowest BCUT2D eigenvalue weighted by atomic mass is 10.0. The van der Waals surface area contributed by atoms with Gasteiger partial charge in [0.05, 0.1) is 0 Å². The van der Waals surface area contributed by atoms with E-state index in [9.17, 15) is 8.76 Å². The van der Waals surface area contributed by atoms with Crippen molar-refractivity contribution in [3.63, 3.8) is 0 Å². The van der Waals surface area contributed by atoms with Crippen LogP contribution in [0.5, 0.6) is 0 Å². The van der Waals surface area contributed by atoms with Crippen LogP contribution < -0.4 is 0 Å². The molecule has 1 unspecified atom stereocenters. The number of unbranched alkanes of at least 4 members (excludes halogenated alkanes) is 12. The molecule has 0 N–H and O–H groups in total. The van der Waals surface area contributed by atoms with Gasteiger partial charge in [-0.15, -0.1) is 0 Å². The number of hydrogen-bond acceptors (Lipinski definition) is 2. The first-order valence-corrected chi connectivity index (χ1v) is 9.72. The maximum Gasteiger partial charge on any atom is 0.0282 e. The molecule has 0 bridgehead atoms. The molecule has 0 aliphatic rings. The second-order valence-corrected chi connectivity index (χ2v) is 6.56. The SMILES string of the molecule is CCCCCCCCCCCCCCC=CCS(=O)[O-]. The lowest BCUT2D eigenvalue weighted by Crippen LogP contribution is -1.89. The third-order valence-electron chi connectivity index (χ3n) is 3.62. The smallest absolute Gasteiger partial charge is 0.0282 e. The number of allylic oxidation sites excluding steroid dienone is 1. The molecule has 20 heavy (non-hydrogen) atoms. The normalized spacial score (nSPS) is 13.1. The van der Waals surface area contributed by atoms with E-state index in [2.05, 4.69) is 6.92 Å². The molecule has 2 nitrogen and oxygen atoms in total. The molecule has 0 saturated carbocycles. The van der Waals surface area contributed by atoms with Crippen molar-refractivity contribution < 1.29 is 8.76 Å². The molecular formula is C17H33O2S-.